The summed E-state index contributed by atoms with van der Waals surface area (Å²) in [6.45, 7) is 7.66. The van der Waals surface area contributed by atoms with Crippen molar-refractivity contribution in [3.63, 3.8) is 0 Å². The van der Waals surface area contributed by atoms with E-state index in [0.717, 1.165) is 21.0 Å². The highest BCUT2D eigenvalue weighted by molar-refractivity contribution is 7.92. The van der Waals surface area contributed by atoms with Crippen LogP contribution in [0.3, 0.4) is 0 Å². The lowest BCUT2D eigenvalue weighted by atomic mass is 10.0. The molecule has 3 rings (SSSR count). The first kappa shape index (κ1) is 22.6. The molecule has 0 saturated heterocycles. The molecule has 0 aliphatic heterocycles. The molecule has 0 bridgehead atoms. The van der Waals surface area contributed by atoms with Crippen LogP contribution >= 0.6 is 0 Å². The smallest absolute Gasteiger partial charge is 0.264 e. The minimum atomic E-state index is -3.92. The number of rotatable bonds is 7. The Morgan fingerprint density at radius 3 is 2.19 bits per heavy atom. The van der Waals surface area contributed by atoms with E-state index in [9.17, 15) is 13.2 Å². The van der Waals surface area contributed by atoms with Crippen LogP contribution in [-0.2, 0) is 14.8 Å². The Morgan fingerprint density at radius 2 is 1.58 bits per heavy atom. The van der Waals surface area contributed by atoms with Crippen LogP contribution in [0, 0.1) is 13.8 Å². The van der Waals surface area contributed by atoms with Crippen molar-refractivity contribution >= 4 is 27.3 Å². The molecule has 0 fully saturated rings. The fourth-order valence-electron chi connectivity index (χ4n) is 3.25. The second-order valence-electron chi connectivity index (χ2n) is 7.94. The number of carbonyl (C=O) groups excluding carboxylic acids is 1. The molecule has 5 nitrogen and oxygen atoms in total. The van der Waals surface area contributed by atoms with Crippen LogP contribution < -0.4 is 9.62 Å². The molecule has 1 amide bonds. The van der Waals surface area contributed by atoms with Gasteiger partial charge in [-0.1, -0.05) is 56.3 Å². The second kappa shape index (κ2) is 9.35. The highest BCUT2D eigenvalue weighted by atomic mass is 32.2. The maximum Gasteiger partial charge on any atom is 0.264 e. The van der Waals surface area contributed by atoms with Gasteiger partial charge in [0.1, 0.15) is 6.54 Å². The Labute approximate surface area is 184 Å². The van der Waals surface area contributed by atoms with E-state index in [1.165, 1.54) is 12.1 Å². The molecule has 31 heavy (non-hydrogen) atoms. The lowest BCUT2D eigenvalue weighted by molar-refractivity contribution is -0.114. The lowest BCUT2D eigenvalue weighted by Crippen LogP contribution is -2.38. The summed E-state index contributed by atoms with van der Waals surface area (Å²) in [6, 6.07) is 21.2. The van der Waals surface area contributed by atoms with Crippen molar-refractivity contribution in [2.45, 2.75) is 38.5 Å². The third-order valence-corrected chi connectivity index (χ3v) is 6.92. The lowest BCUT2D eigenvalue weighted by Gasteiger charge is -2.25. The monoisotopic (exact) mass is 436 g/mol. The molecule has 0 unspecified atom stereocenters. The Hall–Kier alpha value is -3.12. The number of anilines is 2. The first-order valence-electron chi connectivity index (χ1n) is 10.2. The molecule has 0 aromatic heterocycles. The van der Waals surface area contributed by atoms with Gasteiger partial charge < -0.3 is 5.32 Å². The predicted octanol–water partition coefficient (Wildman–Crippen LogP) is 5.26. The topological polar surface area (TPSA) is 66.5 Å². The zero-order valence-electron chi connectivity index (χ0n) is 18.3. The van der Waals surface area contributed by atoms with E-state index in [-0.39, 0.29) is 11.4 Å². The van der Waals surface area contributed by atoms with Gasteiger partial charge in [-0.3, -0.25) is 9.10 Å². The molecule has 162 valence electrons. The van der Waals surface area contributed by atoms with Crippen LogP contribution in [0.1, 0.15) is 36.5 Å². The quantitative estimate of drug-likeness (QED) is 0.549. The summed E-state index contributed by atoms with van der Waals surface area (Å²) in [7, 11) is -3.92. The molecule has 6 heteroatoms. The molecule has 0 aliphatic carbocycles. The van der Waals surface area contributed by atoms with Crippen LogP contribution in [0.2, 0.25) is 0 Å². The van der Waals surface area contributed by atoms with E-state index in [2.05, 4.69) is 19.2 Å². The van der Waals surface area contributed by atoms with Gasteiger partial charge in [0.05, 0.1) is 10.6 Å². The maximum absolute atomic E-state index is 13.4. The third kappa shape index (κ3) is 5.33. The van der Waals surface area contributed by atoms with E-state index in [4.69, 9.17) is 0 Å². The zero-order chi connectivity index (χ0) is 22.6. The van der Waals surface area contributed by atoms with Crippen LogP contribution in [0.5, 0.6) is 0 Å². The van der Waals surface area contributed by atoms with Crippen molar-refractivity contribution in [3.8, 4) is 0 Å². The number of hydrogen-bond donors (Lipinski definition) is 1. The van der Waals surface area contributed by atoms with Gasteiger partial charge in [0.25, 0.3) is 10.0 Å². The molecule has 0 radical (unpaired) electrons. The van der Waals surface area contributed by atoms with Gasteiger partial charge in [0.2, 0.25) is 5.91 Å². The average molecular weight is 437 g/mol. The van der Waals surface area contributed by atoms with Crippen LogP contribution in [0.4, 0.5) is 11.4 Å². The Balaban J connectivity index is 1.95. The van der Waals surface area contributed by atoms with E-state index >= 15 is 0 Å². The molecular formula is C25H28N2O3S. The number of aryl methyl sites for hydroxylation is 2. The van der Waals surface area contributed by atoms with Crippen LogP contribution in [-0.4, -0.2) is 20.9 Å². The molecule has 0 saturated carbocycles. The normalized spacial score (nSPS) is 11.4. The van der Waals surface area contributed by atoms with E-state index < -0.39 is 15.9 Å². The highest BCUT2D eigenvalue weighted by Crippen LogP contribution is 2.26. The van der Waals surface area contributed by atoms with Gasteiger partial charge in [0.15, 0.2) is 0 Å². The molecule has 0 spiro atoms. The van der Waals surface area contributed by atoms with Crippen LogP contribution in [0.15, 0.2) is 77.7 Å². The average Bonchev–Trinajstić information content (AvgIpc) is 2.75. The van der Waals surface area contributed by atoms with Crippen molar-refractivity contribution in [1.29, 1.82) is 0 Å². The minimum Gasteiger partial charge on any atom is -0.324 e. The molecule has 0 aliphatic rings. The van der Waals surface area contributed by atoms with Crippen molar-refractivity contribution in [2.24, 2.45) is 0 Å². The van der Waals surface area contributed by atoms with Crippen molar-refractivity contribution < 1.29 is 13.2 Å². The Bertz CT molecular complexity index is 1160. The minimum absolute atomic E-state index is 0.141. The predicted molar refractivity (Wildman–Crippen MR) is 126 cm³/mol. The number of amides is 1. The number of nitrogens with zero attached hydrogens (tertiary/aromatic N) is 1. The Morgan fingerprint density at radius 1 is 0.935 bits per heavy atom. The van der Waals surface area contributed by atoms with Gasteiger partial charge in [-0.2, -0.15) is 0 Å². The standard InChI is InChI=1S/C25H28N2O3S/c1-18(2)21-12-14-22(15-13-21)27(31(29,30)23-8-6-5-7-9-23)17-25(28)26-24-16-19(3)10-11-20(24)4/h5-16,18H,17H2,1-4H3,(H,26,28). The third-order valence-electron chi connectivity index (χ3n) is 5.13. The maximum atomic E-state index is 13.4. The number of hydrogen-bond acceptors (Lipinski definition) is 3. The molecule has 0 atom stereocenters. The summed E-state index contributed by atoms with van der Waals surface area (Å²) in [4.78, 5) is 13.0. The fraction of sp³-hybridized carbons (Fsp3) is 0.240. The largest absolute Gasteiger partial charge is 0.324 e. The molecular weight excluding hydrogens is 408 g/mol. The second-order valence-corrected chi connectivity index (χ2v) is 9.80. The van der Waals surface area contributed by atoms with Gasteiger partial charge in [-0.15, -0.1) is 0 Å². The SMILES string of the molecule is Cc1ccc(C)c(NC(=O)CN(c2ccc(C(C)C)cc2)S(=O)(=O)c2ccccc2)c1. The molecule has 3 aromatic carbocycles. The van der Waals surface area contributed by atoms with Gasteiger partial charge in [0, 0.05) is 5.69 Å². The molecule has 1 N–H and O–H groups in total. The summed E-state index contributed by atoms with van der Waals surface area (Å²) in [5.74, 6) is -0.0815. The van der Waals surface area contributed by atoms with E-state index in [1.807, 2.05) is 44.2 Å². The van der Waals surface area contributed by atoms with Gasteiger partial charge in [-0.25, -0.2) is 8.42 Å². The van der Waals surface area contributed by atoms with Crippen molar-refractivity contribution in [1.82, 2.24) is 0 Å². The van der Waals surface area contributed by atoms with Gasteiger partial charge in [-0.05, 0) is 66.8 Å². The molecule has 3 aromatic rings. The zero-order valence-corrected chi connectivity index (χ0v) is 19.1. The summed E-state index contributed by atoms with van der Waals surface area (Å²) in [6.07, 6.45) is 0. The first-order valence-corrected chi connectivity index (χ1v) is 11.7. The summed E-state index contributed by atoms with van der Waals surface area (Å²) >= 11 is 0. The van der Waals surface area contributed by atoms with E-state index in [1.54, 1.807) is 30.3 Å². The van der Waals surface area contributed by atoms with Gasteiger partial charge >= 0.3 is 0 Å². The number of sulfonamides is 1. The van der Waals surface area contributed by atoms with E-state index in [0.29, 0.717) is 17.3 Å². The fourth-order valence-corrected chi connectivity index (χ4v) is 4.69. The highest BCUT2D eigenvalue weighted by Gasteiger charge is 2.27. The van der Waals surface area contributed by atoms with Crippen LogP contribution in [0.25, 0.3) is 0 Å². The number of benzene rings is 3. The Kier molecular flexibility index (Phi) is 6.81. The van der Waals surface area contributed by atoms with Crippen molar-refractivity contribution in [2.75, 3.05) is 16.2 Å². The first-order chi connectivity index (χ1) is 14.7. The summed E-state index contributed by atoms with van der Waals surface area (Å²) in [5.41, 5.74) is 4.15. The molecule has 0 heterocycles. The number of carbonyl (C=O) groups is 1. The summed E-state index contributed by atoms with van der Waals surface area (Å²) in [5, 5.41) is 2.86. The summed E-state index contributed by atoms with van der Waals surface area (Å²) < 4.78 is 28.0. The number of nitrogens with one attached hydrogen (secondary N) is 1. The van der Waals surface area contributed by atoms with Crippen molar-refractivity contribution in [3.05, 3.63) is 89.5 Å².